The highest BCUT2D eigenvalue weighted by atomic mass is 16.5. The number of nitrogens with one attached hydrogen (secondary N) is 1. The van der Waals surface area contributed by atoms with Gasteiger partial charge in [0.15, 0.2) is 0 Å². The van der Waals surface area contributed by atoms with Crippen LogP contribution in [-0.4, -0.2) is 31.6 Å². The Morgan fingerprint density at radius 2 is 2.17 bits per heavy atom. The van der Waals surface area contributed by atoms with E-state index in [4.69, 9.17) is 14.9 Å². The van der Waals surface area contributed by atoms with Gasteiger partial charge in [0, 0.05) is 5.39 Å². The van der Waals surface area contributed by atoms with Crippen molar-refractivity contribution in [3.05, 3.63) is 35.6 Å². The molecule has 2 heterocycles. The van der Waals surface area contributed by atoms with Crippen LogP contribution in [0.25, 0.3) is 11.0 Å². The molecule has 1 fully saturated rings. The summed E-state index contributed by atoms with van der Waals surface area (Å²) in [5.41, 5.74) is 7.00. The van der Waals surface area contributed by atoms with Gasteiger partial charge in [0.1, 0.15) is 12.1 Å². The Hall–Kier alpha value is -2.34. The third-order valence-electron chi connectivity index (χ3n) is 4.61. The van der Waals surface area contributed by atoms with E-state index in [-0.39, 0.29) is 17.6 Å². The van der Waals surface area contributed by atoms with Gasteiger partial charge in [-0.1, -0.05) is 18.2 Å². The highest BCUT2D eigenvalue weighted by molar-refractivity contribution is 5.96. The summed E-state index contributed by atoms with van der Waals surface area (Å²) in [6.07, 6.45) is 1.79. The zero-order valence-corrected chi connectivity index (χ0v) is 13.8. The molecule has 1 aliphatic heterocycles. The molecule has 1 aromatic carbocycles. The molecule has 2 aromatic rings. The summed E-state index contributed by atoms with van der Waals surface area (Å²) in [7, 11) is 0. The number of carbonyl (C=O) groups is 2. The van der Waals surface area contributed by atoms with E-state index in [2.05, 4.69) is 0 Å². The fraction of sp³-hybridized carbons (Fsp3) is 0.444. The molecule has 1 aliphatic rings. The molecule has 2 atom stereocenters. The minimum Gasteiger partial charge on any atom is -0.460 e. The van der Waals surface area contributed by atoms with Crippen molar-refractivity contribution in [1.29, 1.82) is 0 Å². The highest BCUT2D eigenvalue weighted by Crippen LogP contribution is 2.26. The van der Waals surface area contributed by atoms with Crippen molar-refractivity contribution in [2.24, 2.45) is 11.7 Å². The maximum Gasteiger partial charge on any atom is 0.374 e. The molecular formula is C18H23N2O4+. The summed E-state index contributed by atoms with van der Waals surface area (Å²) < 4.78 is 10.9. The van der Waals surface area contributed by atoms with Crippen LogP contribution in [0.1, 0.15) is 35.9 Å². The number of quaternary nitrogens is 1. The molecule has 0 aliphatic carbocycles. The lowest BCUT2D eigenvalue weighted by Crippen LogP contribution is -3.12. The van der Waals surface area contributed by atoms with Gasteiger partial charge in [0.05, 0.1) is 31.2 Å². The van der Waals surface area contributed by atoms with Crippen LogP contribution in [-0.2, 0) is 16.1 Å². The Bertz CT molecular complexity index is 753. The molecule has 128 valence electrons. The van der Waals surface area contributed by atoms with Gasteiger partial charge in [0.25, 0.3) is 0 Å². The Morgan fingerprint density at radius 1 is 1.38 bits per heavy atom. The maximum atomic E-state index is 12.3. The Labute approximate surface area is 140 Å². The Kier molecular flexibility index (Phi) is 4.85. The SMILES string of the molecule is CCOC(=O)c1oc2ccccc2c1C[NH+]1CCC[C@H](C(N)=O)C1. The summed E-state index contributed by atoms with van der Waals surface area (Å²) in [6.45, 7) is 4.33. The first-order valence-corrected chi connectivity index (χ1v) is 8.40. The monoisotopic (exact) mass is 331 g/mol. The minimum atomic E-state index is -0.438. The zero-order chi connectivity index (χ0) is 17.1. The van der Waals surface area contributed by atoms with E-state index in [1.807, 2.05) is 24.3 Å². The largest absolute Gasteiger partial charge is 0.460 e. The first-order valence-electron chi connectivity index (χ1n) is 8.40. The van der Waals surface area contributed by atoms with Crippen LogP contribution in [0.2, 0.25) is 0 Å². The molecule has 1 amide bonds. The molecule has 3 rings (SSSR count). The molecule has 1 saturated heterocycles. The summed E-state index contributed by atoms with van der Waals surface area (Å²) in [4.78, 5) is 25.0. The number of fused-ring (bicyclic) bond motifs is 1. The van der Waals surface area contributed by atoms with Crippen molar-refractivity contribution in [2.45, 2.75) is 26.3 Å². The third kappa shape index (κ3) is 3.28. The van der Waals surface area contributed by atoms with Gasteiger partial charge in [-0.2, -0.15) is 0 Å². The van der Waals surface area contributed by atoms with E-state index in [0.29, 0.717) is 25.3 Å². The van der Waals surface area contributed by atoms with Gasteiger partial charge in [-0.3, -0.25) is 4.79 Å². The fourth-order valence-electron chi connectivity index (χ4n) is 3.44. The number of esters is 1. The molecule has 6 nitrogen and oxygen atoms in total. The predicted molar refractivity (Wildman–Crippen MR) is 88.5 cm³/mol. The summed E-state index contributed by atoms with van der Waals surface area (Å²) in [5, 5.41) is 0.925. The fourth-order valence-corrected chi connectivity index (χ4v) is 3.44. The summed E-state index contributed by atoms with van der Waals surface area (Å²) in [6, 6.07) is 7.60. The van der Waals surface area contributed by atoms with Gasteiger partial charge >= 0.3 is 5.97 Å². The Balaban J connectivity index is 1.91. The third-order valence-corrected chi connectivity index (χ3v) is 4.61. The van der Waals surface area contributed by atoms with Crippen molar-refractivity contribution in [3.63, 3.8) is 0 Å². The minimum absolute atomic E-state index is 0.0991. The van der Waals surface area contributed by atoms with Crippen LogP contribution in [0.15, 0.2) is 28.7 Å². The topological polar surface area (TPSA) is 87.0 Å². The van der Waals surface area contributed by atoms with Gasteiger partial charge in [0.2, 0.25) is 11.7 Å². The zero-order valence-electron chi connectivity index (χ0n) is 13.8. The van der Waals surface area contributed by atoms with Crippen molar-refractivity contribution in [3.8, 4) is 0 Å². The van der Waals surface area contributed by atoms with Crippen molar-refractivity contribution in [1.82, 2.24) is 0 Å². The second-order valence-electron chi connectivity index (χ2n) is 6.25. The highest BCUT2D eigenvalue weighted by Gasteiger charge is 2.30. The number of primary amides is 1. The number of ether oxygens (including phenoxy) is 1. The van der Waals surface area contributed by atoms with E-state index in [0.717, 1.165) is 30.3 Å². The smallest absolute Gasteiger partial charge is 0.374 e. The van der Waals surface area contributed by atoms with Crippen LogP contribution in [0.5, 0.6) is 0 Å². The Morgan fingerprint density at radius 3 is 2.92 bits per heavy atom. The van der Waals surface area contributed by atoms with Gasteiger partial charge in [-0.15, -0.1) is 0 Å². The molecule has 0 spiro atoms. The van der Waals surface area contributed by atoms with Crippen LogP contribution < -0.4 is 10.6 Å². The second-order valence-corrected chi connectivity index (χ2v) is 6.25. The molecule has 1 aromatic heterocycles. The van der Waals surface area contributed by atoms with Crippen molar-refractivity contribution in [2.75, 3.05) is 19.7 Å². The average molecular weight is 331 g/mol. The lowest BCUT2D eigenvalue weighted by Gasteiger charge is -2.28. The molecular weight excluding hydrogens is 308 g/mol. The molecule has 0 saturated carbocycles. The number of amides is 1. The second kappa shape index (κ2) is 7.05. The lowest BCUT2D eigenvalue weighted by molar-refractivity contribution is -0.920. The number of benzene rings is 1. The van der Waals surface area contributed by atoms with E-state index < -0.39 is 5.97 Å². The van der Waals surface area contributed by atoms with E-state index in [9.17, 15) is 9.59 Å². The van der Waals surface area contributed by atoms with Crippen LogP contribution >= 0.6 is 0 Å². The molecule has 0 radical (unpaired) electrons. The molecule has 24 heavy (non-hydrogen) atoms. The molecule has 1 unspecified atom stereocenters. The predicted octanol–water partition coefficient (Wildman–Crippen LogP) is 0.890. The summed E-state index contributed by atoms with van der Waals surface area (Å²) >= 11 is 0. The van der Waals surface area contributed by atoms with Crippen LogP contribution in [0, 0.1) is 5.92 Å². The van der Waals surface area contributed by atoms with E-state index >= 15 is 0 Å². The first kappa shape index (κ1) is 16.5. The number of hydrogen-bond donors (Lipinski definition) is 2. The van der Waals surface area contributed by atoms with Crippen molar-refractivity contribution >= 4 is 22.8 Å². The van der Waals surface area contributed by atoms with E-state index in [1.54, 1.807) is 6.92 Å². The molecule has 6 heteroatoms. The van der Waals surface area contributed by atoms with Gasteiger partial charge < -0.3 is 19.8 Å². The van der Waals surface area contributed by atoms with E-state index in [1.165, 1.54) is 4.90 Å². The number of para-hydroxylation sites is 1. The number of rotatable bonds is 5. The normalized spacial score (nSPS) is 20.9. The summed E-state index contributed by atoms with van der Waals surface area (Å²) in [5.74, 6) is -0.508. The molecule has 3 N–H and O–H groups in total. The number of hydrogen-bond acceptors (Lipinski definition) is 4. The quantitative estimate of drug-likeness (QED) is 0.797. The number of likely N-dealkylation sites (tertiary alicyclic amines) is 1. The van der Waals surface area contributed by atoms with Gasteiger partial charge in [-0.05, 0) is 25.8 Å². The van der Waals surface area contributed by atoms with Crippen LogP contribution in [0.4, 0.5) is 0 Å². The standard InChI is InChI=1S/C18H22N2O4/c1-2-23-18(22)16-14(13-7-3-4-8-15(13)24-16)11-20-9-5-6-12(10-20)17(19)21/h3-4,7-8,12H,2,5-6,9-11H2,1H3,(H2,19,21)/p+1/t12-/m0/s1. The number of furan rings is 1. The lowest BCUT2D eigenvalue weighted by atomic mass is 9.97. The van der Waals surface area contributed by atoms with Crippen LogP contribution in [0.3, 0.4) is 0 Å². The van der Waals surface area contributed by atoms with Crippen molar-refractivity contribution < 1.29 is 23.6 Å². The number of piperidine rings is 1. The maximum absolute atomic E-state index is 12.3. The molecule has 0 bridgehead atoms. The first-order chi connectivity index (χ1) is 11.6. The number of carbonyl (C=O) groups excluding carboxylic acids is 2. The average Bonchev–Trinajstić information content (AvgIpc) is 2.94. The van der Waals surface area contributed by atoms with Gasteiger partial charge in [-0.25, -0.2) is 4.79 Å². The number of nitrogens with two attached hydrogens (primary N) is 1.